The summed E-state index contributed by atoms with van der Waals surface area (Å²) in [7, 11) is 0. The number of hydrogen-bond donors (Lipinski definition) is 1. The van der Waals surface area contributed by atoms with Crippen LogP contribution in [-0.4, -0.2) is 15.0 Å². The van der Waals surface area contributed by atoms with Gasteiger partial charge in [0.2, 0.25) is 0 Å². The molecule has 0 aliphatic rings. The molecule has 0 aliphatic carbocycles. The average Bonchev–Trinajstić information content (AvgIpc) is 2.21. The Labute approximate surface area is 75.7 Å². The van der Waals surface area contributed by atoms with Crippen LogP contribution in [0.4, 0.5) is 11.5 Å². The molecule has 0 saturated heterocycles. The molecule has 4 nitrogen and oxygen atoms in total. The third-order valence-corrected chi connectivity index (χ3v) is 1.52. The minimum Gasteiger partial charge on any atom is -0.339 e. The fourth-order valence-electron chi connectivity index (χ4n) is 0.949. The zero-order chi connectivity index (χ0) is 8.93. The van der Waals surface area contributed by atoms with E-state index in [1.54, 1.807) is 24.7 Å². The van der Waals surface area contributed by atoms with Gasteiger partial charge in [-0.25, -0.2) is 9.97 Å². The van der Waals surface area contributed by atoms with Crippen LogP contribution < -0.4 is 5.32 Å². The second kappa shape index (κ2) is 3.62. The van der Waals surface area contributed by atoms with Crippen molar-refractivity contribution in [3.05, 3.63) is 43.1 Å². The van der Waals surface area contributed by atoms with Crippen LogP contribution in [0.15, 0.2) is 43.1 Å². The molecule has 13 heavy (non-hydrogen) atoms. The van der Waals surface area contributed by atoms with E-state index < -0.39 is 0 Å². The number of rotatable bonds is 2. The largest absolute Gasteiger partial charge is 0.339 e. The topological polar surface area (TPSA) is 50.7 Å². The first-order chi connectivity index (χ1) is 6.45. The number of anilines is 2. The third kappa shape index (κ3) is 1.99. The Balaban J connectivity index is 2.16. The Morgan fingerprint density at radius 3 is 2.77 bits per heavy atom. The van der Waals surface area contributed by atoms with Crippen LogP contribution in [0.5, 0.6) is 0 Å². The molecule has 64 valence electrons. The predicted molar refractivity (Wildman–Crippen MR) is 49.6 cm³/mol. The smallest absolute Gasteiger partial charge is 0.133 e. The van der Waals surface area contributed by atoms with Gasteiger partial charge in [-0.05, 0) is 18.2 Å². The first-order valence-electron chi connectivity index (χ1n) is 3.88. The van der Waals surface area contributed by atoms with Crippen molar-refractivity contribution in [2.45, 2.75) is 0 Å². The minimum absolute atomic E-state index is 0.767. The highest BCUT2D eigenvalue weighted by molar-refractivity contribution is 5.53. The van der Waals surface area contributed by atoms with E-state index in [-0.39, 0.29) is 0 Å². The quantitative estimate of drug-likeness (QED) is 0.747. The van der Waals surface area contributed by atoms with Gasteiger partial charge >= 0.3 is 0 Å². The van der Waals surface area contributed by atoms with Gasteiger partial charge in [0.05, 0.1) is 11.9 Å². The van der Waals surface area contributed by atoms with E-state index in [9.17, 15) is 0 Å². The number of aromatic nitrogens is 3. The van der Waals surface area contributed by atoms with Crippen LogP contribution in [0.2, 0.25) is 0 Å². The van der Waals surface area contributed by atoms with Gasteiger partial charge in [0, 0.05) is 12.4 Å². The van der Waals surface area contributed by atoms with Crippen molar-refractivity contribution in [2.24, 2.45) is 0 Å². The molecule has 0 unspecified atom stereocenters. The molecule has 2 aromatic rings. The van der Waals surface area contributed by atoms with Crippen molar-refractivity contribution in [3.8, 4) is 0 Å². The number of nitrogens with one attached hydrogen (secondary N) is 1. The second-order valence-corrected chi connectivity index (χ2v) is 2.46. The van der Waals surface area contributed by atoms with Crippen LogP contribution in [0.25, 0.3) is 0 Å². The summed E-state index contributed by atoms with van der Waals surface area (Å²) in [5, 5.41) is 3.09. The van der Waals surface area contributed by atoms with Crippen molar-refractivity contribution >= 4 is 11.5 Å². The Hall–Kier alpha value is -1.97. The molecule has 0 atom stereocenters. The number of pyridine rings is 1. The van der Waals surface area contributed by atoms with E-state index in [0.29, 0.717) is 0 Å². The Morgan fingerprint density at radius 2 is 2.08 bits per heavy atom. The lowest BCUT2D eigenvalue weighted by molar-refractivity contribution is 1.16. The normalized spacial score (nSPS) is 9.54. The fraction of sp³-hybridized carbons (Fsp3) is 0. The van der Waals surface area contributed by atoms with Crippen molar-refractivity contribution in [2.75, 3.05) is 5.32 Å². The molecular formula is C9H8N4. The van der Waals surface area contributed by atoms with Crippen molar-refractivity contribution < 1.29 is 0 Å². The highest BCUT2D eigenvalue weighted by Crippen LogP contribution is 2.10. The summed E-state index contributed by atoms with van der Waals surface area (Å²) in [6.07, 6.45) is 6.65. The minimum atomic E-state index is 0.767. The summed E-state index contributed by atoms with van der Waals surface area (Å²) in [6, 6.07) is 5.59. The average molecular weight is 172 g/mol. The number of nitrogens with zero attached hydrogens (tertiary/aromatic N) is 3. The molecule has 0 amide bonds. The van der Waals surface area contributed by atoms with Crippen LogP contribution in [0, 0.1) is 0 Å². The molecule has 2 rings (SSSR count). The lowest BCUT2D eigenvalue weighted by Gasteiger charge is -2.02. The highest BCUT2D eigenvalue weighted by Gasteiger charge is 1.92. The molecule has 2 aromatic heterocycles. The highest BCUT2D eigenvalue weighted by atomic mass is 15.0. The lowest BCUT2D eigenvalue weighted by atomic mass is 10.4. The summed E-state index contributed by atoms with van der Waals surface area (Å²) < 4.78 is 0. The van der Waals surface area contributed by atoms with Gasteiger partial charge in [0.25, 0.3) is 0 Å². The van der Waals surface area contributed by atoms with E-state index in [0.717, 1.165) is 11.5 Å². The summed E-state index contributed by atoms with van der Waals surface area (Å²) in [5.74, 6) is 0.767. The maximum Gasteiger partial charge on any atom is 0.133 e. The van der Waals surface area contributed by atoms with Gasteiger partial charge in [0.15, 0.2) is 0 Å². The van der Waals surface area contributed by atoms with E-state index in [2.05, 4.69) is 20.3 Å². The Kier molecular flexibility index (Phi) is 2.14. The predicted octanol–water partition coefficient (Wildman–Crippen LogP) is 1.62. The second-order valence-electron chi connectivity index (χ2n) is 2.46. The SMILES string of the molecule is c1cncc(Nc2ccncn2)c1. The van der Waals surface area contributed by atoms with E-state index in [1.807, 2.05) is 12.1 Å². The van der Waals surface area contributed by atoms with Crippen LogP contribution in [-0.2, 0) is 0 Å². The first kappa shape index (κ1) is 7.67. The zero-order valence-electron chi connectivity index (χ0n) is 6.88. The van der Waals surface area contributed by atoms with Gasteiger partial charge in [-0.3, -0.25) is 4.98 Å². The monoisotopic (exact) mass is 172 g/mol. The first-order valence-corrected chi connectivity index (χ1v) is 3.88. The molecule has 0 radical (unpaired) electrons. The molecule has 0 saturated carbocycles. The molecule has 1 N–H and O–H groups in total. The molecule has 0 fully saturated rings. The van der Waals surface area contributed by atoms with Gasteiger partial charge in [-0.2, -0.15) is 0 Å². The molecular weight excluding hydrogens is 164 g/mol. The summed E-state index contributed by atoms with van der Waals surface area (Å²) in [6.45, 7) is 0. The maximum atomic E-state index is 4.02. The summed E-state index contributed by atoms with van der Waals surface area (Å²) in [5.41, 5.74) is 0.918. The van der Waals surface area contributed by atoms with Crippen LogP contribution in [0.1, 0.15) is 0 Å². The molecule has 0 spiro atoms. The van der Waals surface area contributed by atoms with Crippen molar-refractivity contribution in [1.82, 2.24) is 15.0 Å². The summed E-state index contributed by atoms with van der Waals surface area (Å²) in [4.78, 5) is 11.8. The van der Waals surface area contributed by atoms with Crippen LogP contribution >= 0.6 is 0 Å². The van der Waals surface area contributed by atoms with E-state index >= 15 is 0 Å². The Morgan fingerprint density at radius 1 is 1.08 bits per heavy atom. The van der Waals surface area contributed by atoms with Crippen LogP contribution in [0.3, 0.4) is 0 Å². The number of hydrogen-bond acceptors (Lipinski definition) is 4. The van der Waals surface area contributed by atoms with Crippen molar-refractivity contribution in [3.63, 3.8) is 0 Å². The molecule has 0 aromatic carbocycles. The summed E-state index contributed by atoms with van der Waals surface area (Å²) >= 11 is 0. The van der Waals surface area contributed by atoms with Crippen molar-refractivity contribution in [1.29, 1.82) is 0 Å². The van der Waals surface area contributed by atoms with Gasteiger partial charge in [0.1, 0.15) is 12.1 Å². The van der Waals surface area contributed by atoms with Gasteiger partial charge in [-0.15, -0.1) is 0 Å². The Bertz CT molecular complexity index is 322. The fourth-order valence-corrected chi connectivity index (χ4v) is 0.949. The van der Waals surface area contributed by atoms with E-state index in [4.69, 9.17) is 0 Å². The molecule has 4 heteroatoms. The zero-order valence-corrected chi connectivity index (χ0v) is 6.88. The van der Waals surface area contributed by atoms with E-state index in [1.165, 1.54) is 6.33 Å². The lowest BCUT2D eigenvalue weighted by Crippen LogP contribution is -1.93. The molecule has 0 bridgehead atoms. The van der Waals surface area contributed by atoms with Gasteiger partial charge < -0.3 is 5.32 Å². The molecule has 2 heterocycles. The maximum absolute atomic E-state index is 4.02. The van der Waals surface area contributed by atoms with Gasteiger partial charge in [-0.1, -0.05) is 0 Å². The molecule has 0 aliphatic heterocycles. The third-order valence-electron chi connectivity index (χ3n) is 1.52. The standard InChI is InChI=1S/C9H8N4/c1-2-8(6-10-4-1)13-9-3-5-11-7-12-9/h1-7H,(H,11,12,13).